The molecule has 0 saturated carbocycles. The van der Waals surface area contributed by atoms with Gasteiger partial charge >= 0.3 is 5.97 Å². The van der Waals surface area contributed by atoms with Crippen LogP contribution in [0, 0.1) is 6.92 Å². The van der Waals surface area contributed by atoms with Gasteiger partial charge in [-0.1, -0.05) is 6.92 Å². The van der Waals surface area contributed by atoms with Crippen molar-refractivity contribution in [2.45, 2.75) is 33.2 Å². The fourth-order valence-electron chi connectivity index (χ4n) is 1.44. The van der Waals surface area contributed by atoms with E-state index in [0.717, 1.165) is 29.9 Å². The quantitative estimate of drug-likeness (QED) is 0.739. The van der Waals surface area contributed by atoms with Crippen molar-refractivity contribution in [2.75, 3.05) is 11.9 Å². The molecule has 0 aromatic carbocycles. The van der Waals surface area contributed by atoms with Gasteiger partial charge in [-0.05, 0) is 37.8 Å². The van der Waals surface area contributed by atoms with Gasteiger partial charge in [-0.15, -0.1) is 11.3 Å². The zero-order valence-corrected chi connectivity index (χ0v) is 11.6. The highest BCUT2D eigenvalue weighted by Crippen LogP contribution is 2.27. The molecule has 1 atom stereocenters. The zero-order chi connectivity index (χ0) is 13.7. The molecule has 1 unspecified atom stereocenters. The third-order valence-corrected chi connectivity index (χ3v) is 3.60. The summed E-state index contributed by atoms with van der Waals surface area (Å²) in [7, 11) is 0. The van der Waals surface area contributed by atoms with E-state index in [1.807, 2.05) is 6.92 Å². The summed E-state index contributed by atoms with van der Waals surface area (Å²) in [4.78, 5) is 23.1. The van der Waals surface area contributed by atoms with Gasteiger partial charge in [0.2, 0.25) is 5.91 Å². The van der Waals surface area contributed by atoms with Gasteiger partial charge in [-0.2, -0.15) is 0 Å². The maximum absolute atomic E-state index is 11.9. The monoisotopic (exact) mass is 270 g/mol. The van der Waals surface area contributed by atoms with Gasteiger partial charge in [0.1, 0.15) is 4.88 Å². The molecule has 6 heteroatoms. The van der Waals surface area contributed by atoms with Crippen molar-refractivity contribution in [3.63, 3.8) is 0 Å². The van der Waals surface area contributed by atoms with Gasteiger partial charge in [0, 0.05) is 0 Å². The number of hydrogen-bond acceptors (Lipinski definition) is 4. The minimum atomic E-state index is -1.02. The zero-order valence-electron chi connectivity index (χ0n) is 10.7. The number of aromatic carboxylic acids is 1. The molecule has 1 rings (SSSR count). The predicted octanol–water partition coefficient (Wildman–Crippen LogP) is 2.08. The van der Waals surface area contributed by atoms with Gasteiger partial charge in [0.05, 0.1) is 11.7 Å². The first-order chi connectivity index (χ1) is 8.47. The Morgan fingerprint density at radius 1 is 1.50 bits per heavy atom. The summed E-state index contributed by atoms with van der Waals surface area (Å²) >= 11 is 1.12. The molecule has 1 amide bonds. The number of amides is 1. The normalized spacial score (nSPS) is 12.2. The van der Waals surface area contributed by atoms with Crippen LogP contribution in [-0.2, 0) is 4.79 Å². The van der Waals surface area contributed by atoms with Gasteiger partial charge in [0.15, 0.2) is 0 Å². The van der Waals surface area contributed by atoms with Crippen LogP contribution in [0.2, 0.25) is 0 Å². The first-order valence-electron chi connectivity index (χ1n) is 5.83. The second-order valence-electron chi connectivity index (χ2n) is 4.09. The highest BCUT2D eigenvalue weighted by molar-refractivity contribution is 7.12. The number of hydrogen-bond donors (Lipinski definition) is 3. The molecule has 18 heavy (non-hydrogen) atoms. The molecule has 3 N–H and O–H groups in total. The second-order valence-corrected chi connectivity index (χ2v) is 4.97. The van der Waals surface area contributed by atoms with Crippen LogP contribution in [-0.4, -0.2) is 29.6 Å². The lowest BCUT2D eigenvalue weighted by molar-refractivity contribution is -0.117. The molecular weight excluding hydrogens is 252 g/mol. The average molecular weight is 270 g/mol. The molecule has 0 saturated heterocycles. The fourth-order valence-corrected chi connectivity index (χ4v) is 2.29. The Morgan fingerprint density at radius 2 is 2.17 bits per heavy atom. The van der Waals surface area contributed by atoms with Crippen LogP contribution in [0.4, 0.5) is 5.69 Å². The number of nitrogens with one attached hydrogen (secondary N) is 2. The summed E-state index contributed by atoms with van der Waals surface area (Å²) < 4.78 is 0. The summed E-state index contributed by atoms with van der Waals surface area (Å²) in [6.45, 7) is 6.31. The molecule has 1 aromatic rings. The van der Waals surface area contributed by atoms with Crippen molar-refractivity contribution >= 4 is 28.9 Å². The molecule has 0 bridgehead atoms. The van der Waals surface area contributed by atoms with E-state index in [-0.39, 0.29) is 16.8 Å². The Hall–Kier alpha value is -1.40. The lowest BCUT2D eigenvalue weighted by atomic mass is 10.2. The molecule has 0 aliphatic heterocycles. The van der Waals surface area contributed by atoms with Gasteiger partial charge in [0.25, 0.3) is 0 Å². The summed E-state index contributed by atoms with van der Waals surface area (Å²) in [6, 6.07) is -0.342. The van der Waals surface area contributed by atoms with Crippen molar-refractivity contribution in [3.8, 4) is 0 Å². The van der Waals surface area contributed by atoms with E-state index in [4.69, 9.17) is 5.11 Å². The smallest absolute Gasteiger partial charge is 0.348 e. The summed E-state index contributed by atoms with van der Waals surface area (Å²) in [5, 5.41) is 16.5. The number of carbonyl (C=O) groups is 2. The Labute approximate surface area is 110 Å². The standard InChI is InChI=1S/C12H18N2O3S/c1-4-5-13-8(3)11(15)14-9-7(2)6-18-10(9)12(16)17/h6,8,13H,4-5H2,1-3H3,(H,14,15)(H,16,17). The highest BCUT2D eigenvalue weighted by atomic mass is 32.1. The van der Waals surface area contributed by atoms with Crippen molar-refractivity contribution in [3.05, 3.63) is 15.8 Å². The summed E-state index contributed by atoms with van der Waals surface area (Å²) in [5.74, 6) is -1.23. The number of anilines is 1. The lowest BCUT2D eigenvalue weighted by Crippen LogP contribution is -2.38. The Morgan fingerprint density at radius 3 is 2.72 bits per heavy atom. The van der Waals surface area contributed by atoms with E-state index < -0.39 is 5.97 Å². The second kappa shape index (κ2) is 6.51. The minimum Gasteiger partial charge on any atom is -0.477 e. The molecule has 1 heterocycles. The van der Waals surface area contributed by atoms with E-state index in [0.29, 0.717) is 5.69 Å². The van der Waals surface area contributed by atoms with Crippen LogP contribution in [0.5, 0.6) is 0 Å². The molecule has 100 valence electrons. The maximum Gasteiger partial charge on any atom is 0.348 e. The molecule has 0 radical (unpaired) electrons. The van der Waals surface area contributed by atoms with E-state index in [1.54, 1.807) is 19.2 Å². The number of rotatable bonds is 6. The van der Waals surface area contributed by atoms with Crippen LogP contribution in [0.25, 0.3) is 0 Å². The van der Waals surface area contributed by atoms with Crippen molar-refractivity contribution in [1.82, 2.24) is 5.32 Å². The van der Waals surface area contributed by atoms with Crippen molar-refractivity contribution in [1.29, 1.82) is 0 Å². The Balaban J connectivity index is 2.75. The number of thiophene rings is 1. The predicted molar refractivity (Wildman–Crippen MR) is 72.4 cm³/mol. The molecular formula is C12H18N2O3S. The van der Waals surface area contributed by atoms with Gasteiger partial charge < -0.3 is 15.7 Å². The third kappa shape index (κ3) is 3.54. The first kappa shape index (κ1) is 14.7. The minimum absolute atomic E-state index is 0.170. The number of aryl methyl sites for hydroxylation is 1. The Bertz CT molecular complexity index is 443. The molecule has 1 aromatic heterocycles. The molecule has 5 nitrogen and oxygen atoms in total. The highest BCUT2D eigenvalue weighted by Gasteiger charge is 2.19. The summed E-state index contributed by atoms with van der Waals surface area (Å²) in [6.07, 6.45) is 0.940. The van der Waals surface area contributed by atoms with Crippen molar-refractivity contribution in [2.24, 2.45) is 0 Å². The topological polar surface area (TPSA) is 78.4 Å². The maximum atomic E-state index is 11.9. The number of carbonyl (C=O) groups excluding carboxylic acids is 1. The first-order valence-corrected chi connectivity index (χ1v) is 6.71. The van der Waals surface area contributed by atoms with E-state index >= 15 is 0 Å². The largest absolute Gasteiger partial charge is 0.477 e. The van der Waals surface area contributed by atoms with Crippen LogP contribution in [0.15, 0.2) is 5.38 Å². The molecule has 0 spiro atoms. The third-order valence-electron chi connectivity index (χ3n) is 2.51. The van der Waals surface area contributed by atoms with Crippen LogP contribution in [0.1, 0.15) is 35.5 Å². The van der Waals surface area contributed by atoms with E-state index in [2.05, 4.69) is 10.6 Å². The fraction of sp³-hybridized carbons (Fsp3) is 0.500. The molecule has 0 aliphatic carbocycles. The lowest BCUT2D eigenvalue weighted by Gasteiger charge is -2.13. The molecule has 0 fully saturated rings. The van der Waals surface area contributed by atoms with Crippen LogP contribution in [0.3, 0.4) is 0 Å². The summed E-state index contributed by atoms with van der Waals surface area (Å²) in [5.41, 5.74) is 1.18. The number of carboxylic acid groups (broad SMARTS) is 1. The van der Waals surface area contributed by atoms with Crippen molar-refractivity contribution < 1.29 is 14.7 Å². The van der Waals surface area contributed by atoms with E-state index in [1.165, 1.54) is 0 Å². The Kier molecular flexibility index (Phi) is 5.30. The van der Waals surface area contributed by atoms with Gasteiger partial charge in [-0.25, -0.2) is 4.79 Å². The number of carboxylic acids is 1. The SMILES string of the molecule is CCCNC(C)C(=O)Nc1c(C)csc1C(=O)O. The molecule has 0 aliphatic rings. The van der Waals surface area contributed by atoms with Crippen LogP contribution >= 0.6 is 11.3 Å². The van der Waals surface area contributed by atoms with Gasteiger partial charge in [-0.3, -0.25) is 4.79 Å². The average Bonchev–Trinajstić information content (AvgIpc) is 2.68. The van der Waals surface area contributed by atoms with Crippen LogP contribution < -0.4 is 10.6 Å². The van der Waals surface area contributed by atoms with E-state index in [9.17, 15) is 9.59 Å².